The van der Waals surface area contributed by atoms with Crippen LogP contribution >= 0.6 is 0 Å². The van der Waals surface area contributed by atoms with Crippen molar-refractivity contribution in [2.45, 2.75) is 39.0 Å². The van der Waals surface area contributed by atoms with Crippen LogP contribution in [0.5, 0.6) is 0 Å². The summed E-state index contributed by atoms with van der Waals surface area (Å²) in [6.07, 6.45) is 1.21. The summed E-state index contributed by atoms with van der Waals surface area (Å²) in [5.41, 5.74) is 1.69. The van der Waals surface area contributed by atoms with Crippen LogP contribution in [0.25, 0.3) is 0 Å². The van der Waals surface area contributed by atoms with Crippen LogP contribution in [-0.4, -0.2) is 25.5 Å². The lowest BCUT2D eigenvalue weighted by molar-refractivity contribution is -0.153. The van der Waals surface area contributed by atoms with Crippen molar-refractivity contribution in [1.29, 1.82) is 0 Å². The molecule has 4 nitrogen and oxygen atoms in total. The molecule has 0 fully saturated rings. The molecule has 0 bridgehead atoms. The van der Waals surface area contributed by atoms with Crippen molar-refractivity contribution in [3.63, 3.8) is 0 Å². The van der Waals surface area contributed by atoms with E-state index >= 15 is 0 Å². The van der Waals surface area contributed by atoms with E-state index in [1.54, 1.807) is 4.90 Å². The largest absolute Gasteiger partial charge is 0.465 e. The molecule has 142 valence electrons. The highest BCUT2D eigenvalue weighted by Gasteiger charge is 2.50. The lowest BCUT2D eigenvalue weighted by Gasteiger charge is -2.29. The van der Waals surface area contributed by atoms with Gasteiger partial charge in [-0.2, -0.15) is 0 Å². The third kappa shape index (κ3) is 3.36. The number of anilines is 1. The standard InChI is InChI=1S/C23H27NO3/c1-22(2,3)21(26)27-16-10-15-23(17-11-6-5-7-12-17)18-13-8-9-14-19(18)24(4)20(23)25/h5-9,11-14H,10,15-16H2,1-4H3/t23-/m1/s1. The molecule has 1 amide bonds. The maximum atomic E-state index is 13.4. The summed E-state index contributed by atoms with van der Waals surface area (Å²) in [6.45, 7) is 5.83. The van der Waals surface area contributed by atoms with Crippen molar-refractivity contribution >= 4 is 17.6 Å². The molecule has 0 aromatic heterocycles. The number of hydrogen-bond acceptors (Lipinski definition) is 3. The zero-order valence-electron chi connectivity index (χ0n) is 16.5. The van der Waals surface area contributed by atoms with Gasteiger partial charge in [-0.1, -0.05) is 48.5 Å². The van der Waals surface area contributed by atoms with Gasteiger partial charge in [0.15, 0.2) is 0 Å². The first-order chi connectivity index (χ1) is 12.8. The monoisotopic (exact) mass is 365 g/mol. The molecule has 0 saturated heterocycles. The summed E-state index contributed by atoms with van der Waals surface area (Å²) >= 11 is 0. The molecule has 1 atom stereocenters. The van der Waals surface area contributed by atoms with Gasteiger partial charge in [0.05, 0.1) is 12.0 Å². The van der Waals surface area contributed by atoms with Crippen LogP contribution < -0.4 is 4.90 Å². The van der Waals surface area contributed by atoms with Gasteiger partial charge in [0.25, 0.3) is 0 Å². The third-order valence-corrected chi connectivity index (χ3v) is 5.20. The minimum atomic E-state index is -0.735. The fraction of sp³-hybridized carbons (Fsp3) is 0.391. The summed E-state index contributed by atoms with van der Waals surface area (Å²) in [6, 6.07) is 17.8. The first kappa shape index (κ1) is 19.2. The Labute approximate surface area is 161 Å². The van der Waals surface area contributed by atoms with Crippen LogP contribution in [0.3, 0.4) is 0 Å². The Balaban J connectivity index is 1.90. The second kappa shape index (κ2) is 7.18. The number of ether oxygens (including phenoxy) is 1. The molecule has 0 radical (unpaired) electrons. The summed E-state index contributed by atoms with van der Waals surface area (Å²) in [5, 5.41) is 0. The molecule has 1 aliphatic rings. The van der Waals surface area contributed by atoms with E-state index in [0.29, 0.717) is 19.4 Å². The zero-order valence-corrected chi connectivity index (χ0v) is 16.5. The van der Waals surface area contributed by atoms with E-state index in [2.05, 4.69) is 0 Å². The number of rotatable bonds is 5. The number of para-hydroxylation sites is 1. The van der Waals surface area contributed by atoms with Gasteiger partial charge in [-0.3, -0.25) is 9.59 Å². The van der Waals surface area contributed by atoms with Crippen LogP contribution in [0.2, 0.25) is 0 Å². The van der Waals surface area contributed by atoms with Gasteiger partial charge in [0, 0.05) is 12.7 Å². The molecule has 2 aromatic rings. The molecule has 1 aliphatic heterocycles. The number of hydrogen-bond donors (Lipinski definition) is 0. The Morgan fingerprint density at radius 2 is 1.67 bits per heavy atom. The molecule has 0 unspecified atom stereocenters. The predicted molar refractivity (Wildman–Crippen MR) is 107 cm³/mol. The number of fused-ring (bicyclic) bond motifs is 1. The normalized spacial score (nSPS) is 19.1. The molecule has 0 spiro atoms. The minimum absolute atomic E-state index is 0.0667. The summed E-state index contributed by atoms with van der Waals surface area (Å²) < 4.78 is 5.43. The second-order valence-electron chi connectivity index (χ2n) is 8.14. The van der Waals surface area contributed by atoms with Crippen LogP contribution in [0.4, 0.5) is 5.69 Å². The average molecular weight is 365 g/mol. The second-order valence-corrected chi connectivity index (χ2v) is 8.14. The maximum Gasteiger partial charge on any atom is 0.311 e. The Hall–Kier alpha value is -2.62. The summed E-state index contributed by atoms with van der Waals surface area (Å²) in [5.74, 6) is -0.149. The van der Waals surface area contributed by atoms with Crippen molar-refractivity contribution in [2.24, 2.45) is 5.41 Å². The number of likely N-dealkylation sites (N-methyl/N-ethyl adjacent to an activating group) is 1. The number of amides is 1. The van der Waals surface area contributed by atoms with E-state index in [9.17, 15) is 9.59 Å². The highest BCUT2D eigenvalue weighted by atomic mass is 16.5. The molecule has 0 N–H and O–H groups in total. The first-order valence-electron chi connectivity index (χ1n) is 9.39. The number of nitrogens with zero attached hydrogens (tertiary/aromatic N) is 1. The lowest BCUT2D eigenvalue weighted by Crippen LogP contribution is -2.40. The molecule has 1 heterocycles. The van der Waals surface area contributed by atoms with Crippen LogP contribution in [0.15, 0.2) is 54.6 Å². The fourth-order valence-electron chi connectivity index (χ4n) is 3.74. The van der Waals surface area contributed by atoms with Crippen molar-refractivity contribution in [2.75, 3.05) is 18.6 Å². The van der Waals surface area contributed by atoms with Gasteiger partial charge < -0.3 is 9.64 Å². The minimum Gasteiger partial charge on any atom is -0.465 e. The summed E-state index contributed by atoms with van der Waals surface area (Å²) in [7, 11) is 1.82. The number of esters is 1. The number of benzene rings is 2. The van der Waals surface area contributed by atoms with Crippen molar-refractivity contribution < 1.29 is 14.3 Å². The van der Waals surface area contributed by atoms with Gasteiger partial charge in [-0.25, -0.2) is 0 Å². The van der Waals surface area contributed by atoms with E-state index in [4.69, 9.17) is 4.74 Å². The van der Waals surface area contributed by atoms with Crippen LogP contribution in [-0.2, 0) is 19.7 Å². The van der Waals surface area contributed by atoms with E-state index in [1.165, 1.54) is 0 Å². The third-order valence-electron chi connectivity index (χ3n) is 5.20. The number of carbonyl (C=O) groups excluding carboxylic acids is 2. The number of carbonyl (C=O) groups is 2. The van der Waals surface area contributed by atoms with Crippen LogP contribution in [0.1, 0.15) is 44.7 Å². The molecule has 0 saturated carbocycles. The Kier molecular flexibility index (Phi) is 5.09. The molecule has 0 aliphatic carbocycles. The van der Waals surface area contributed by atoms with Gasteiger partial charge >= 0.3 is 5.97 Å². The Morgan fingerprint density at radius 3 is 2.33 bits per heavy atom. The van der Waals surface area contributed by atoms with E-state index in [-0.39, 0.29) is 11.9 Å². The topological polar surface area (TPSA) is 46.6 Å². The van der Waals surface area contributed by atoms with Crippen molar-refractivity contribution in [3.8, 4) is 0 Å². The molecule has 2 aromatic carbocycles. The highest BCUT2D eigenvalue weighted by Crippen LogP contribution is 2.48. The zero-order chi connectivity index (χ0) is 19.7. The van der Waals surface area contributed by atoms with Gasteiger partial charge in [0.1, 0.15) is 5.41 Å². The van der Waals surface area contributed by atoms with E-state index in [1.807, 2.05) is 82.4 Å². The average Bonchev–Trinajstić information content (AvgIpc) is 2.88. The van der Waals surface area contributed by atoms with Crippen LogP contribution in [0, 0.1) is 5.41 Å². The van der Waals surface area contributed by atoms with Crippen molar-refractivity contribution in [3.05, 3.63) is 65.7 Å². The molecule has 4 heteroatoms. The molecular formula is C23H27NO3. The van der Waals surface area contributed by atoms with E-state index in [0.717, 1.165) is 16.8 Å². The first-order valence-corrected chi connectivity index (χ1v) is 9.39. The molecular weight excluding hydrogens is 338 g/mol. The Morgan fingerprint density at radius 1 is 1.04 bits per heavy atom. The quantitative estimate of drug-likeness (QED) is 0.586. The van der Waals surface area contributed by atoms with Crippen molar-refractivity contribution in [1.82, 2.24) is 0 Å². The fourth-order valence-corrected chi connectivity index (χ4v) is 3.74. The maximum absolute atomic E-state index is 13.4. The lowest BCUT2D eigenvalue weighted by atomic mass is 9.72. The summed E-state index contributed by atoms with van der Waals surface area (Å²) in [4.78, 5) is 27.2. The van der Waals surface area contributed by atoms with E-state index < -0.39 is 10.8 Å². The molecule has 3 rings (SSSR count). The predicted octanol–water partition coefficient (Wildman–Crippen LogP) is 4.32. The SMILES string of the molecule is CN1C(=O)[C@](CCCOC(=O)C(C)(C)C)(c2ccccc2)c2ccccc21. The molecule has 27 heavy (non-hydrogen) atoms. The Bertz CT molecular complexity index is 838. The van der Waals surface area contributed by atoms with Gasteiger partial charge in [-0.05, 0) is 50.8 Å². The highest BCUT2D eigenvalue weighted by molar-refractivity contribution is 6.10. The smallest absolute Gasteiger partial charge is 0.311 e. The van der Waals surface area contributed by atoms with Gasteiger partial charge in [-0.15, -0.1) is 0 Å². The van der Waals surface area contributed by atoms with Gasteiger partial charge in [0.2, 0.25) is 5.91 Å².